The quantitative estimate of drug-likeness (QED) is 0.699. The lowest BCUT2D eigenvalue weighted by molar-refractivity contribution is -0.123. The molecule has 0 bridgehead atoms. The Kier molecular flexibility index (Phi) is 5.81. The summed E-state index contributed by atoms with van der Waals surface area (Å²) in [4.78, 5) is 40.9. The standard InChI is InChI=1S/C21H21Cl2N7O3/c22-18-16(10-24-26-19(18)23)28-7-5-27(6-8-28)11-13-1-2-15-14(9-13)12-30(20(15)32)29-4-3-17(31)25-21(29)33/h1-2,9-10H,3-8,11-12H2,(H,25,31,33). The number of anilines is 1. The second kappa shape index (κ2) is 8.77. The lowest BCUT2D eigenvalue weighted by Gasteiger charge is -2.36. The molecule has 5 rings (SSSR count). The highest BCUT2D eigenvalue weighted by atomic mass is 35.5. The molecule has 0 atom stereocenters. The Bertz CT molecular complexity index is 1140. The number of urea groups is 1. The molecule has 1 N–H and O–H groups in total. The van der Waals surface area contributed by atoms with E-state index in [1.807, 2.05) is 18.2 Å². The highest BCUT2D eigenvalue weighted by molar-refractivity contribution is 6.42. The second-order valence-corrected chi connectivity index (χ2v) is 8.91. The number of nitrogens with zero attached hydrogens (tertiary/aromatic N) is 6. The molecule has 172 valence electrons. The van der Waals surface area contributed by atoms with Crippen molar-refractivity contribution in [2.45, 2.75) is 19.5 Å². The molecule has 2 saturated heterocycles. The Balaban J connectivity index is 1.22. The highest BCUT2D eigenvalue weighted by Gasteiger charge is 2.37. The van der Waals surface area contributed by atoms with Crippen molar-refractivity contribution >= 4 is 46.7 Å². The van der Waals surface area contributed by atoms with Gasteiger partial charge in [0.05, 0.1) is 25.0 Å². The van der Waals surface area contributed by atoms with Gasteiger partial charge in [-0.25, -0.2) is 14.8 Å². The number of aromatic nitrogens is 2. The van der Waals surface area contributed by atoms with Gasteiger partial charge in [-0.3, -0.25) is 19.8 Å². The van der Waals surface area contributed by atoms with Crippen molar-refractivity contribution < 1.29 is 14.4 Å². The minimum atomic E-state index is -0.559. The van der Waals surface area contributed by atoms with Crippen molar-refractivity contribution in [1.29, 1.82) is 0 Å². The van der Waals surface area contributed by atoms with E-state index in [0.717, 1.165) is 49.5 Å². The third-order valence-electron chi connectivity index (χ3n) is 6.13. The summed E-state index contributed by atoms with van der Waals surface area (Å²) in [5.41, 5.74) is 3.35. The van der Waals surface area contributed by atoms with Crippen LogP contribution in [0, 0.1) is 0 Å². The Morgan fingerprint density at radius 1 is 1.00 bits per heavy atom. The van der Waals surface area contributed by atoms with Crippen LogP contribution in [0.3, 0.4) is 0 Å². The first-order valence-corrected chi connectivity index (χ1v) is 11.3. The number of hydrogen-bond donors (Lipinski definition) is 1. The lowest BCUT2D eigenvalue weighted by atomic mass is 10.1. The van der Waals surface area contributed by atoms with Gasteiger partial charge in [-0.1, -0.05) is 35.3 Å². The van der Waals surface area contributed by atoms with Crippen molar-refractivity contribution in [3.05, 3.63) is 51.3 Å². The van der Waals surface area contributed by atoms with Gasteiger partial charge in [0.2, 0.25) is 5.91 Å². The maximum atomic E-state index is 12.8. The number of carbonyl (C=O) groups is 3. The Morgan fingerprint density at radius 3 is 2.55 bits per heavy atom. The summed E-state index contributed by atoms with van der Waals surface area (Å²) in [6, 6.07) is 5.24. The number of rotatable bonds is 4. The van der Waals surface area contributed by atoms with E-state index in [0.29, 0.717) is 17.1 Å². The largest absolute Gasteiger partial charge is 0.366 e. The smallest absolute Gasteiger partial charge is 0.342 e. The number of fused-ring (bicyclic) bond motifs is 1. The van der Waals surface area contributed by atoms with E-state index >= 15 is 0 Å². The van der Waals surface area contributed by atoms with Crippen LogP contribution in [0.2, 0.25) is 10.2 Å². The number of amides is 4. The molecule has 0 radical (unpaired) electrons. The monoisotopic (exact) mass is 489 g/mol. The highest BCUT2D eigenvalue weighted by Crippen LogP contribution is 2.31. The first-order chi connectivity index (χ1) is 15.9. The van der Waals surface area contributed by atoms with Crippen LogP contribution in [-0.2, 0) is 17.9 Å². The topological polar surface area (TPSA) is 102 Å². The van der Waals surface area contributed by atoms with Crippen molar-refractivity contribution in [1.82, 2.24) is 30.4 Å². The van der Waals surface area contributed by atoms with E-state index in [2.05, 4.69) is 25.3 Å². The fraction of sp³-hybridized carbons (Fsp3) is 0.381. The summed E-state index contributed by atoms with van der Waals surface area (Å²) in [6.07, 6.45) is 1.81. The van der Waals surface area contributed by atoms with Crippen LogP contribution in [0.4, 0.5) is 10.5 Å². The molecule has 4 heterocycles. The number of carbonyl (C=O) groups excluding carboxylic acids is 3. The van der Waals surface area contributed by atoms with Crippen LogP contribution < -0.4 is 10.2 Å². The van der Waals surface area contributed by atoms with Gasteiger partial charge in [0.15, 0.2) is 5.15 Å². The van der Waals surface area contributed by atoms with Crippen molar-refractivity contribution in [3.8, 4) is 0 Å². The van der Waals surface area contributed by atoms with E-state index in [-0.39, 0.29) is 29.9 Å². The van der Waals surface area contributed by atoms with Gasteiger partial charge < -0.3 is 4.90 Å². The molecule has 0 saturated carbocycles. The minimum Gasteiger partial charge on any atom is -0.366 e. The molecule has 2 fully saturated rings. The fourth-order valence-corrected chi connectivity index (χ4v) is 4.75. The van der Waals surface area contributed by atoms with Crippen LogP contribution in [0.25, 0.3) is 0 Å². The average molecular weight is 490 g/mol. The molecular formula is C21H21Cl2N7O3. The first-order valence-electron chi connectivity index (χ1n) is 10.6. The van der Waals surface area contributed by atoms with Gasteiger partial charge in [-0.2, -0.15) is 5.10 Å². The fourth-order valence-electron chi connectivity index (χ4n) is 4.40. The van der Waals surface area contributed by atoms with Gasteiger partial charge in [-0.15, -0.1) is 5.10 Å². The molecule has 3 aliphatic rings. The summed E-state index contributed by atoms with van der Waals surface area (Å²) < 4.78 is 0. The lowest BCUT2D eigenvalue weighted by Crippen LogP contribution is -2.56. The summed E-state index contributed by atoms with van der Waals surface area (Å²) in [6.45, 7) is 4.48. The maximum Gasteiger partial charge on any atom is 0.342 e. The van der Waals surface area contributed by atoms with Gasteiger partial charge in [0, 0.05) is 44.7 Å². The van der Waals surface area contributed by atoms with Crippen LogP contribution in [0.5, 0.6) is 0 Å². The van der Waals surface area contributed by atoms with E-state index in [1.54, 1.807) is 6.20 Å². The predicted octanol–water partition coefficient (Wildman–Crippen LogP) is 1.92. The Hall–Kier alpha value is -2.95. The first kappa shape index (κ1) is 21.9. The zero-order chi connectivity index (χ0) is 23.1. The molecule has 10 nitrogen and oxygen atoms in total. The molecule has 0 unspecified atom stereocenters. The minimum absolute atomic E-state index is 0.177. The number of imide groups is 1. The normalized spacial score (nSPS) is 19.2. The average Bonchev–Trinajstić information content (AvgIpc) is 3.12. The SMILES string of the molecule is O=C1CCN(N2Cc3cc(CN4CCN(c5cnnc(Cl)c5Cl)CC4)ccc3C2=O)C(=O)N1. The van der Waals surface area contributed by atoms with Gasteiger partial charge in [0.1, 0.15) is 5.02 Å². The molecule has 0 aliphatic carbocycles. The number of benzene rings is 1. The van der Waals surface area contributed by atoms with E-state index in [4.69, 9.17) is 23.2 Å². The number of nitrogens with one attached hydrogen (secondary N) is 1. The number of hydrazine groups is 1. The molecule has 1 aromatic heterocycles. The summed E-state index contributed by atoms with van der Waals surface area (Å²) >= 11 is 12.3. The molecule has 4 amide bonds. The van der Waals surface area contributed by atoms with Gasteiger partial charge in [0.25, 0.3) is 5.91 Å². The molecule has 0 spiro atoms. The van der Waals surface area contributed by atoms with Crippen LogP contribution in [0.1, 0.15) is 27.9 Å². The maximum absolute atomic E-state index is 12.8. The van der Waals surface area contributed by atoms with E-state index in [9.17, 15) is 14.4 Å². The molecular weight excluding hydrogens is 469 g/mol. The Morgan fingerprint density at radius 2 is 1.79 bits per heavy atom. The number of hydrogen-bond acceptors (Lipinski definition) is 7. The molecule has 33 heavy (non-hydrogen) atoms. The number of piperazine rings is 1. The van der Waals surface area contributed by atoms with Crippen molar-refractivity contribution in [2.24, 2.45) is 0 Å². The Labute approximate surface area is 200 Å². The number of halogens is 2. The molecule has 12 heteroatoms. The van der Waals surface area contributed by atoms with E-state index < -0.39 is 6.03 Å². The van der Waals surface area contributed by atoms with Gasteiger partial charge >= 0.3 is 6.03 Å². The summed E-state index contributed by atoms with van der Waals surface area (Å²) in [5, 5.41) is 13.3. The third-order valence-corrected chi connectivity index (χ3v) is 6.86. The third kappa shape index (κ3) is 4.21. The molecule has 2 aromatic rings. The van der Waals surface area contributed by atoms with Crippen LogP contribution in [-0.4, -0.2) is 75.7 Å². The predicted molar refractivity (Wildman–Crippen MR) is 121 cm³/mol. The summed E-state index contributed by atoms with van der Waals surface area (Å²) in [7, 11) is 0. The van der Waals surface area contributed by atoms with Crippen LogP contribution >= 0.6 is 23.2 Å². The van der Waals surface area contributed by atoms with Crippen molar-refractivity contribution in [2.75, 3.05) is 37.6 Å². The van der Waals surface area contributed by atoms with Gasteiger partial charge in [-0.05, 0) is 17.2 Å². The van der Waals surface area contributed by atoms with E-state index in [1.165, 1.54) is 10.0 Å². The zero-order valence-electron chi connectivity index (χ0n) is 17.6. The van der Waals surface area contributed by atoms with Crippen molar-refractivity contribution in [3.63, 3.8) is 0 Å². The summed E-state index contributed by atoms with van der Waals surface area (Å²) in [5.74, 6) is -0.551. The van der Waals surface area contributed by atoms with Crippen LogP contribution in [0.15, 0.2) is 24.4 Å². The molecule has 1 aromatic carbocycles. The molecule has 3 aliphatic heterocycles. The zero-order valence-corrected chi connectivity index (χ0v) is 19.1. The second-order valence-electron chi connectivity index (χ2n) is 8.18.